The van der Waals surface area contributed by atoms with Crippen molar-refractivity contribution >= 4 is 16.7 Å². The van der Waals surface area contributed by atoms with Crippen molar-refractivity contribution < 1.29 is 9.90 Å². The Hall–Kier alpha value is -1.83. The normalized spacial score (nSPS) is 12.6. The van der Waals surface area contributed by atoms with Gasteiger partial charge in [0.2, 0.25) is 0 Å². The lowest BCUT2D eigenvalue weighted by Gasteiger charge is -2.14. The smallest absolute Gasteiger partial charge is 0.303 e. The highest BCUT2D eigenvalue weighted by Gasteiger charge is 2.13. The fraction of sp³-hybridized carbons (Fsp3) is 0.267. The van der Waals surface area contributed by atoms with Gasteiger partial charge in [-0.3, -0.25) is 4.79 Å². The molecule has 2 aromatic carbocycles. The molecule has 0 saturated carbocycles. The van der Waals surface area contributed by atoms with Crippen LogP contribution >= 0.6 is 0 Å². The fourth-order valence-electron chi connectivity index (χ4n) is 2.27. The largest absolute Gasteiger partial charge is 0.481 e. The molecular weight excluding hydrogens is 212 g/mol. The SMILES string of the molecule is Cc1ccc(C(C)CC(=O)O)c2ccccc12. The quantitative estimate of drug-likeness (QED) is 0.869. The lowest BCUT2D eigenvalue weighted by Crippen LogP contribution is -2.03. The maximum Gasteiger partial charge on any atom is 0.303 e. The van der Waals surface area contributed by atoms with Crippen LogP contribution in [0.15, 0.2) is 36.4 Å². The number of benzene rings is 2. The summed E-state index contributed by atoms with van der Waals surface area (Å²) in [7, 11) is 0. The van der Waals surface area contributed by atoms with Gasteiger partial charge in [0, 0.05) is 0 Å². The molecule has 17 heavy (non-hydrogen) atoms. The molecule has 1 atom stereocenters. The molecule has 0 radical (unpaired) electrons. The Bertz CT molecular complexity index is 558. The average Bonchev–Trinajstić information content (AvgIpc) is 2.29. The summed E-state index contributed by atoms with van der Waals surface area (Å²) in [5.41, 5.74) is 2.35. The number of aryl methyl sites for hydroxylation is 1. The minimum absolute atomic E-state index is 0.0398. The van der Waals surface area contributed by atoms with Gasteiger partial charge < -0.3 is 5.11 Å². The Balaban J connectivity index is 2.55. The topological polar surface area (TPSA) is 37.3 Å². The van der Waals surface area contributed by atoms with Crippen LogP contribution in [0.3, 0.4) is 0 Å². The first-order valence-corrected chi connectivity index (χ1v) is 5.79. The van der Waals surface area contributed by atoms with Gasteiger partial charge in [-0.05, 0) is 34.7 Å². The molecule has 0 saturated heterocycles. The molecule has 1 unspecified atom stereocenters. The summed E-state index contributed by atoms with van der Waals surface area (Å²) >= 11 is 0. The maximum absolute atomic E-state index is 10.8. The monoisotopic (exact) mass is 228 g/mol. The summed E-state index contributed by atoms with van der Waals surface area (Å²) in [6, 6.07) is 12.3. The van der Waals surface area contributed by atoms with E-state index in [0.717, 1.165) is 5.56 Å². The summed E-state index contributed by atoms with van der Waals surface area (Å²) in [4.78, 5) is 10.8. The Morgan fingerprint density at radius 1 is 1.18 bits per heavy atom. The van der Waals surface area contributed by atoms with Crippen molar-refractivity contribution in [3.05, 3.63) is 47.5 Å². The van der Waals surface area contributed by atoms with Gasteiger partial charge in [-0.25, -0.2) is 0 Å². The van der Waals surface area contributed by atoms with Crippen LogP contribution in [0.2, 0.25) is 0 Å². The predicted octanol–water partition coefficient (Wildman–Crippen LogP) is 3.73. The van der Waals surface area contributed by atoms with Crippen molar-refractivity contribution in [3.8, 4) is 0 Å². The molecule has 2 heteroatoms. The van der Waals surface area contributed by atoms with Gasteiger partial charge in [0.05, 0.1) is 6.42 Å². The average molecular weight is 228 g/mol. The molecule has 0 aliphatic rings. The van der Waals surface area contributed by atoms with E-state index < -0.39 is 5.97 Å². The van der Waals surface area contributed by atoms with E-state index in [0.29, 0.717) is 0 Å². The molecule has 0 fully saturated rings. The van der Waals surface area contributed by atoms with Gasteiger partial charge in [0.25, 0.3) is 0 Å². The van der Waals surface area contributed by atoms with Gasteiger partial charge in [0.1, 0.15) is 0 Å². The van der Waals surface area contributed by atoms with E-state index in [1.807, 2.05) is 25.1 Å². The summed E-state index contributed by atoms with van der Waals surface area (Å²) in [6.45, 7) is 4.04. The molecule has 0 heterocycles. The first-order valence-electron chi connectivity index (χ1n) is 5.79. The Morgan fingerprint density at radius 2 is 1.82 bits per heavy atom. The zero-order valence-corrected chi connectivity index (χ0v) is 10.1. The van der Waals surface area contributed by atoms with E-state index in [9.17, 15) is 4.79 Å². The van der Waals surface area contributed by atoms with E-state index in [4.69, 9.17) is 5.11 Å². The number of rotatable bonds is 3. The third-order valence-corrected chi connectivity index (χ3v) is 3.19. The van der Waals surface area contributed by atoms with Crippen molar-refractivity contribution in [1.82, 2.24) is 0 Å². The van der Waals surface area contributed by atoms with Crippen LogP contribution in [0.1, 0.15) is 30.4 Å². The fourth-order valence-corrected chi connectivity index (χ4v) is 2.27. The van der Waals surface area contributed by atoms with E-state index >= 15 is 0 Å². The van der Waals surface area contributed by atoms with Crippen molar-refractivity contribution in [2.24, 2.45) is 0 Å². The first-order chi connectivity index (χ1) is 8.09. The molecule has 88 valence electrons. The predicted molar refractivity (Wildman–Crippen MR) is 69.4 cm³/mol. The summed E-state index contributed by atoms with van der Waals surface area (Å²) in [6.07, 6.45) is 0.174. The number of carboxylic acids is 1. The Morgan fingerprint density at radius 3 is 2.47 bits per heavy atom. The van der Waals surface area contributed by atoms with Gasteiger partial charge in [-0.1, -0.05) is 43.3 Å². The first kappa shape index (κ1) is 11.6. The summed E-state index contributed by atoms with van der Waals surface area (Å²) in [5.74, 6) is -0.708. The van der Waals surface area contributed by atoms with Crippen molar-refractivity contribution in [1.29, 1.82) is 0 Å². The van der Waals surface area contributed by atoms with Crippen LogP contribution in [-0.4, -0.2) is 11.1 Å². The second-order valence-electron chi connectivity index (χ2n) is 4.52. The van der Waals surface area contributed by atoms with Gasteiger partial charge in [0.15, 0.2) is 0 Å². The molecule has 2 nitrogen and oxygen atoms in total. The van der Waals surface area contributed by atoms with E-state index in [1.54, 1.807) is 0 Å². The van der Waals surface area contributed by atoms with E-state index in [2.05, 4.69) is 25.1 Å². The summed E-state index contributed by atoms with van der Waals surface area (Å²) in [5, 5.41) is 11.3. The third-order valence-electron chi connectivity index (χ3n) is 3.19. The second-order valence-corrected chi connectivity index (χ2v) is 4.52. The zero-order chi connectivity index (χ0) is 12.4. The lowest BCUT2D eigenvalue weighted by atomic mass is 9.91. The second kappa shape index (κ2) is 4.58. The molecule has 2 rings (SSSR count). The Labute approximate surface area is 101 Å². The van der Waals surface area contributed by atoms with E-state index in [1.165, 1.54) is 16.3 Å². The molecule has 1 N–H and O–H groups in total. The van der Waals surface area contributed by atoms with E-state index in [-0.39, 0.29) is 12.3 Å². The highest BCUT2D eigenvalue weighted by Crippen LogP contribution is 2.29. The van der Waals surface area contributed by atoms with Crippen molar-refractivity contribution in [2.75, 3.05) is 0 Å². The number of carbonyl (C=O) groups is 1. The molecule has 0 aliphatic carbocycles. The molecule has 0 aliphatic heterocycles. The number of hydrogen-bond acceptors (Lipinski definition) is 1. The minimum atomic E-state index is -0.748. The molecule has 2 aromatic rings. The van der Waals surface area contributed by atoms with Crippen LogP contribution in [0.25, 0.3) is 10.8 Å². The molecule has 0 spiro atoms. The number of hydrogen-bond donors (Lipinski definition) is 1. The number of aliphatic carboxylic acids is 1. The molecule has 0 bridgehead atoms. The zero-order valence-electron chi connectivity index (χ0n) is 10.1. The highest BCUT2D eigenvalue weighted by molar-refractivity contribution is 5.89. The maximum atomic E-state index is 10.8. The third kappa shape index (κ3) is 2.31. The standard InChI is InChI=1S/C15H16O2/c1-10-7-8-13(11(2)9-15(16)17)14-6-4-3-5-12(10)14/h3-8,11H,9H2,1-2H3,(H,16,17). The molecule has 0 aromatic heterocycles. The van der Waals surface area contributed by atoms with Gasteiger partial charge in [-0.2, -0.15) is 0 Å². The van der Waals surface area contributed by atoms with Gasteiger partial charge >= 0.3 is 5.97 Å². The molecular formula is C15H16O2. The number of fused-ring (bicyclic) bond motifs is 1. The van der Waals surface area contributed by atoms with Crippen LogP contribution in [0, 0.1) is 6.92 Å². The van der Waals surface area contributed by atoms with Crippen LogP contribution in [0.5, 0.6) is 0 Å². The van der Waals surface area contributed by atoms with Crippen LogP contribution in [0.4, 0.5) is 0 Å². The van der Waals surface area contributed by atoms with Gasteiger partial charge in [-0.15, -0.1) is 0 Å². The van der Waals surface area contributed by atoms with Crippen molar-refractivity contribution in [2.45, 2.75) is 26.2 Å². The Kier molecular flexibility index (Phi) is 3.14. The van der Waals surface area contributed by atoms with Crippen LogP contribution < -0.4 is 0 Å². The van der Waals surface area contributed by atoms with Crippen molar-refractivity contribution in [3.63, 3.8) is 0 Å². The minimum Gasteiger partial charge on any atom is -0.481 e. The summed E-state index contributed by atoms with van der Waals surface area (Å²) < 4.78 is 0. The van der Waals surface area contributed by atoms with Crippen LogP contribution in [-0.2, 0) is 4.79 Å². The number of carboxylic acid groups (broad SMARTS) is 1. The molecule has 0 amide bonds. The lowest BCUT2D eigenvalue weighted by molar-refractivity contribution is -0.137. The highest BCUT2D eigenvalue weighted by atomic mass is 16.4.